The molecule has 1 aromatic heterocycles. The molecule has 0 saturated carbocycles. The molecule has 0 bridgehead atoms. The maximum absolute atomic E-state index is 14.1. The van der Waals surface area contributed by atoms with E-state index in [1.807, 2.05) is 0 Å². The van der Waals surface area contributed by atoms with Gasteiger partial charge in [-0.3, -0.25) is 14.2 Å². The molecule has 0 spiro atoms. The highest BCUT2D eigenvalue weighted by Crippen LogP contribution is 2.36. The number of rotatable bonds is 5. The number of amides is 1. The zero-order valence-corrected chi connectivity index (χ0v) is 16.8. The Hall–Kier alpha value is -3.60. The summed E-state index contributed by atoms with van der Waals surface area (Å²) < 4.78 is 56.1. The number of phenolic OH excluding ortho intramolecular Hbond substituents is 1. The number of alkyl halides is 3. The molecule has 3 rings (SSSR count). The van der Waals surface area contributed by atoms with E-state index in [9.17, 15) is 32.3 Å². The number of nitrogens with one attached hydrogen (secondary N) is 1. The maximum atomic E-state index is 14.1. The first kappa shape index (κ1) is 23.1. The second-order valence-corrected chi connectivity index (χ2v) is 6.95. The number of hydrogen-bond donors (Lipinski definition) is 3. The van der Waals surface area contributed by atoms with Gasteiger partial charge < -0.3 is 20.3 Å². The van der Waals surface area contributed by atoms with Gasteiger partial charge in [0, 0.05) is 22.7 Å². The van der Waals surface area contributed by atoms with Gasteiger partial charge in [-0.25, -0.2) is 4.39 Å². The molecule has 3 aromatic rings. The Morgan fingerprint density at radius 2 is 1.81 bits per heavy atom. The van der Waals surface area contributed by atoms with Crippen LogP contribution >= 0.6 is 0 Å². The number of halogens is 4. The van der Waals surface area contributed by atoms with Gasteiger partial charge in [-0.2, -0.15) is 0 Å². The van der Waals surface area contributed by atoms with Crippen molar-refractivity contribution in [3.05, 3.63) is 59.0 Å². The van der Waals surface area contributed by atoms with Crippen LogP contribution in [0, 0.1) is 12.7 Å². The van der Waals surface area contributed by atoms with E-state index in [2.05, 4.69) is 10.1 Å². The lowest BCUT2D eigenvalue weighted by Gasteiger charge is -2.13. The normalized spacial score (nSPS) is 12.6. The molecule has 7 nitrogen and oxygen atoms in total. The first-order valence-electron chi connectivity index (χ1n) is 9.27. The molecule has 0 saturated heterocycles. The Morgan fingerprint density at radius 1 is 1.19 bits per heavy atom. The minimum atomic E-state index is -4.89. The van der Waals surface area contributed by atoms with Gasteiger partial charge in [-0.1, -0.05) is 0 Å². The largest absolute Gasteiger partial charge is 0.573 e. The number of fused-ring (bicyclic) bond motifs is 1. The molecule has 2 aromatic carbocycles. The van der Waals surface area contributed by atoms with Gasteiger partial charge in [0.15, 0.2) is 11.6 Å². The lowest BCUT2D eigenvalue weighted by atomic mass is 9.97. The van der Waals surface area contributed by atoms with E-state index in [1.165, 1.54) is 13.8 Å². The van der Waals surface area contributed by atoms with Gasteiger partial charge in [0.2, 0.25) is 5.91 Å². The van der Waals surface area contributed by atoms with Crippen molar-refractivity contribution in [3.8, 4) is 11.5 Å². The van der Waals surface area contributed by atoms with Crippen molar-refractivity contribution < 1.29 is 42.1 Å². The number of hydrogen-bond acceptors (Lipinski definition) is 5. The van der Waals surface area contributed by atoms with Crippen LogP contribution < -0.4 is 10.1 Å². The quantitative estimate of drug-likeness (QED) is 0.405. The van der Waals surface area contributed by atoms with Crippen molar-refractivity contribution >= 4 is 22.7 Å². The van der Waals surface area contributed by atoms with Crippen LogP contribution in [0.1, 0.15) is 34.5 Å². The van der Waals surface area contributed by atoms with Gasteiger partial charge in [-0.05, 0) is 49.7 Å². The minimum absolute atomic E-state index is 0.0213. The van der Waals surface area contributed by atoms with Crippen LogP contribution in [0.4, 0.5) is 17.6 Å². The van der Waals surface area contributed by atoms with E-state index in [-0.39, 0.29) is 22.2 Å². The molecule has 1 amide bonds. The first-order valence-corrected chi connectivity index (χ1v) is 9.27. The minimum Gasteiger partial charge on any atom is -0.505 e. The molecule has 0 radical (unpaired) electrons. The second-order valence-electron chi connectivity index (χ2n) is 6.95. The molecular formula is C21H18F4N2O5. The monoisotopic (exact) mass is 454 g/mol. The number of aliphatic hydroxyl groups is 1. The number of aromatic nitrogens is 1. The number of phenols is 1. The standard InChI is InChI=1S/C21H18F4N2O5/c1-10(19(30)26-9-28)18-11(2)27(16-8-15(22)17(29)7-14(16)18)20(31)12-3-5-13(6-4-12)32-21(23,24)25/h3-8,10,28-29H,9H2,1-2H3,(H,26,30)/t10-/m1/s1. The number of aliphatic hydroxyl groups excluding tert-OH is 1. The van der Waals surface area contributed by atoms with Crippen LogP contribution in [0.5, 0.6) is 11.5 Å². The Bertz CT molecular complexity index is 1190. The average molecular weight is 454 g/mol. The molecule has 0 aliphatic rings. The number of carbonyl (C=O) groups is 2. The Labute approximate surface area is 178 Å². The van der Waals surface area contributed by atoms with Crippen molar-refractivity contribution in [2.24, 2.45) is 0 Å². The Kier molecular flexibility index (Phi) is 6.13. The third kappa shape index (κ3) is 4.37. The van der Waals surface area contributed by atoms with E-state index in [1.54, 1.807) is 0 Å². The smallest absolute Gasteiger partial charge is 0.505 e. The Balaban J connectivity index is 2.13. The predicted molar refractivity (Wildman–Crippen MR) is 105 cm³/mol. The molecule has 3 N–H and O–H groups in total. The van der Waals surface area contributed by atoms with Crippen LogP contribution in [0.2, 0.25) is 0 Å². The molecule has 0 unspecified atom stereocenters. The lowest BCUT2D eigenvalue weighted by Crippen LogP contribution is -2.29. The van der Waals surface area contributed by atoms with E-state index >= 15 is 0 Å². The van der Waals surface area contributed by atoms with E-state index < -0.39 is 48.1 Å². The van der Waals surface area contributed by atoms with Crippen LogP contribution in [0.25, 0.3) is 10.9 Å². The fraction of sp³-hybridized carbons (Fsp3) is 0.238. The number of benzene rings is 2. The summed E-state index contributed by atoms with van der Waals surface area (Å²) in [6, 6.07) is 6.18. The molecule has 1 heterocycles. The summed E-state index contributed by atoms with van der Waals surface area (Å²) in [5.41, 5.74) is 0.599. The third-order valence-electron chi connectivity index (χ3n) is 4.94. The van der Waals surface area contributed by atoms with Crippen LogP contribution in [-0.2, 0) is 4.79 Å². The van der Waals surface area contributed by atoms with Crippen molar-refractivity contribution in [2.75, 3.05) is 6.73 Å². The van der Waals surface area contributed by atoms with Gasteiger partial charge in [0.05, 0.1) is 11.4 Å². The summed E-state index contributed by atoms with van der Waals surface area (Å²) in [4.78, 5) is 25.5. The van der Waals surface area contributed by atoms with Crippen molar-refractivity contribution in [3.63, 3.8) is 0 Å². The highest BCUT2D eigenvalue weighted by atomic mass is 19.4. The zero-order valence-electron chi connectivity index (χ0n) is 16.8. The van der Waals surface area contributed by atoms with E-state index in [4.69, 9.17) is 5.11 Å². The molecule has 11 heteroatoms. The van der Waals surface area contributed by atoms with Crippen LogP contribution in [0.15, 0.2) is 36.4 Å². The summed E-state index contributed by atoms with van der Waals surface area (Å²) >= 11 is 0. The first-order chi connectivity index (χ1) is 14.9. The average Bonchev–Trinajstić information content (AvgIpc) is 2.97. The SMILES string of the molecule is Cc1c([C@@H](C)C(=O)NCO)c2cc(O)c(F)cc2n1C(=O)c1ccc(OC(F)(F)F)cc1. The topological polar surface area (TPSA) is 101 Å². The van der Waals surface area contributed by atoms with Crippen LogP contribution in [0.3, 0.4) is 0 Å². The predicted octanol–water partition coefficient (Wildman–Crippen LogP) is 3.55. The maximum Gasteiger partial charge on any atom is 0.573 e. The summed E-state index contributed by atoms with van der Waals surface area (Å²) in [6.45, 7) is 2.39. The zero-order chi connectivity index (χ0) is 23.8. The van der Waals surface area contributed by atoms with E-state index in [0.29, 0.717) is 5.56 Å². The molecule has 1 atom stereocenters. The fourth-order valence-electron chi connectivity index (χ4n) is 3.55. The molecule has 32 heavy (non-hydrogen) atoms. The number of aromatic hydroxyl groups is 1. The summed E-state index contributed by atoms with van der Waals surface area (Å²) in [5, 5.41) is 21.3. The molecule has 0 aliphatic heterocycles. The molecule has 170 valence electrons. The second kappa shape index (κ2) is 8.50. The van der Waals surface area contributed by atoms with E-state index in [0.717, 1.165) is 41.0 Å². The number of carbonyl (C=O) groups excluding carboxylic acids is 2. The number of ether oxygens (including phenoxy) is 1. The number of nitrogens with zero attached hydrogens (tertiary/aromatic N) is 1. The summed E-state index contributed by atoms with van der Waals surface area (Å²) in [7, 11) is 0. The van der Waals surface area contributed by atoms with Gasteiger partial charge in [0.25, 0.3) is 5.91 Å². The fourth-order valence-corrected chi connectivity index (χ4v) is 3.55. The highest BCUT2D eigenvalue weighted by molar-refractivity contribution is 6.05. The van der Waals surface area contributed by atoms with Gasteiger partial charge >= 0.3 is 6.36 Å². The van der Waals surface area contributed by atoms with Gasteiger partial charge in [0.1, 0.15) is 12.5 Å². The summed E-state index contributed by atoms with van der Waals surface area (Å²) in [5.74, 6) is -4.36. The van der Waals surface area contributed by atoms with Crippen molar-refractivity contribution in [1.29, 1.82) is 0 Å². The lowest BCUT2D eigenvalue weighted by molar-refractivity contribution is -0.274. The highest BCUT2D eigenvalue weighted by Gasteiger charge is 2.31. The molecular weight excluding hydrogens is 436 g/mol. The van der Waals surface area contributed by atoms with Gasteiger partial charge in [-0.15, -0.1) is 13.2 Å². The third-order valence-corrected chi connectivity index (χ3v) is 4.94. The van der Waals surface area contributed by atoms with Crippen LogP contribution in [-0.4, -0.2) is 39.7 Å². The summed E-state index contributed by atoms with van der Waals surface area (Å²) in [6.07, 6.45) is -4.89. The molecule has 0 aliphatic carbocycles. The molecule has 0 fully saturated rings. The van der Waals surface area contributed by atoms with Crippen molar-refractivity contribution in [1.82, 2.24) is 9.88 Å². The van der Waals surface area contributed by atoms with Crippen molar-refractivity contribution in [2.45, 2.75) is 26.1 Å². The Morgan fingerprint density at radius 3 is 2.38 bits per heavy atom.